The third-order valence-corrected chi connectivity index (χ3v) is 2.56. The van der Waals surface area contributed by atoms with E-state index in [4.69, 9.17) is 5.73 Å². The van der Waals surface area contributed by atoms with Crippen LogP contribution in [0.15, 0.2) is 18.2 Å². The summed E-state index contributed by atoms with van der Waals surface area (Å²) in [4.78, 5) is 0. The first-order valence-corrected chi connectivity index (χ1v) is 5.01. The zero-order valence-electron chi connectivity index (χ0n) is 9.05. The summed E-state index contributed by atoms with van der Waals surface area (Å²) in [5, 5.41) is 0. The highest BCUT2D eigenvalue weighted by atomic mass is 19.1. The van der Waals surface area contributed by atoms with Crippen LogP contribution in [0.5, 0.6) is 0 Å². The van der Waals surface area contributed by atoms with Gasteiger partial charge >= 0.3 is 0 Å². The molecule has 1 aromatic carbocycles. The van der Waals surface area contributed by atoms with Crippen LogP contribution < -0.4 is 5.73 Å². The van der Waals surface area contributed by atoms with E-state index in [9.17, 15) is 4.39 Å². The van der Waals surface area contributed by atoms with Crippen LogP contribution in [0.1, 0.15) is 25.0 Å². The van der Waals surface area contributed by atoms with Gasteiger partial charge < -0.3 is 5.73 Å². The molecule has 0 saturated heterocycles. The molecule has 14 heavy (non-hydrogen) atoms. The summed E-state index contributed by atoms with van der Waals surface area (Å²) in [6.07, 6.45) is 0.745. The molecule has 0 fully saturated rings. The molecular formula is C12H18FN. The minimum atomic E-state index is -0.140. The molecule has 1 atom stereocenters. The quantitative estimate of drug-likeness (QED) is 0.788. The molecule has 0 spiro atoms. The van der Waals surface area contributed by atoms with Crippen molar-refractivity contribution in [3.8, 4) is 0 Å². The van der Waals surface area contributed by atoms with E-state index in [-0.39, 0.29) is 11.9 Å². The van der Waals surface area contributed by atoms with E-state index < -0.39 is 0 Å². The van der Waals surface area contributed by atoms with Crippen LogP contribution >= 0.6 is 0 Å². The average molecular weight is 195 g/mol. The van der Waals surface area contributed by atoms with Crippen LogP contribution in [0.4, 0.5) is 4.39 Å². The van der Waals surface area contributed by atoms with Crippen LogP contribution in [-0.4, -0.2) is 6.04 Å². The number of rotatable bonds is 3. The normalized spacial score (nSPS) is 13.3. The zero-order valence-corrected chi connectivity index (χ0v) is 9.05. The molecule has 0 amide bonds. The average Bonchev–Trinajstić information content (AvgIpc) is 2.11. The van der Waals surface area contributed by atoms with Crippen molar-refractivity contribution < 1.29 is 4.39 Å². The lowest BCUT2D eigenvalue weighted by Gasteiger charge is -2.15. The standard InChI is InChI=1S/C12H18FN/c1-8(2)12(14)7-10-5-4-9(3)11(13)6-10/h4-6,8,12H,7,14H2,1-3H3. The molecule has 0 bridgehead atoms. The maximum Gasteiger partial charge on any atom is 0.126 e. The monoisotopic (exact) mass is 195 g/mol. The number of hydrogen-bond acceptors (Lipinski definition) is 1. The molecule has 78 valence electrons. The Balaban J connectivity index is 2.73. The highest BCUT2D eigenvalue weighted by Gasteiger charge is 2.09. The van der Waals surface area contributed by atoms with Crippen molar-refractivity contribution in [3.63, 3.8) is 0 Å². The van der Waals surface area contributed by atoms with Crippen LogP contribution in [-0.2, 0) is 6.42 Å². The molecule has 1 rings (SSSR count). The van der Waals surface area contributed by atoms with E-state index in [1.165, 1.54) is 0 Å². The van der Waals surface area contributed by atoms with Gasteiger partial charge in [0, 0.05) is 6.04 Å². The van der Waals surface area contributed by atoms with Crippen molar-refractivity contribution in [3.05, 3.63) is 35.1 Å². The number of nitrogens with two attached hydrogens (primary N) is 1. The zero-order chi connectivity index (χ0) is 10.7. The molecule has 0 radical (unpaired) electrons. The Kier molecular flexibility index (Phi) is 3.64. The predicted molar refractivity (Wildman–Crippen MR) is 57.7 cm³/mol. The van der Waals surface area contributed by atoms with Crippen molar-refractivity contribution in [2.24, 2.45) is 11.7 Å². The summed E-state index contributed by atoms with van der Waals surface area (Å²) in [6, 6.07) is 5.44. The van der Waals surface area contributed by atoms with E-state index >= 15 is 0 Å². The largest absolute Gasteiger partial charge is 0.327 e. The molecule has 0 saturated carbocycles. The van der Waals surface area contributed by atoms with Crippen LogP contribution in [0.2, 0.25) is 0 Å². The minimum Gasteiger partial charge on any atom is -0.327 e. The van der Waals surface area contributed by atoms with Gasteiger partial charge in [-0.25, -0.2) is 4.39 Å². The fourth-order valence-electron chi connectivity index (χ4n) is 1.27. The molecule has 0 heterocycles. The molecule has 0 aliphatic rings. The van der Waals surface area contributed by atoms with E-state index in [1.54, 1.807) is 19.1 Å². The van der Waals surface area contributed by atoms with Gasteiger partial charge in [-0.15, -0.1) is 0 Å². The third kappa shape index (κ3) is 2.81. The summed E-state index contributed by atoms with van der Waals surface area (Å²) in [5.74, 6) is 0.290. The number of aryl methyl sites for hydroxylation is 1. The van der Waals surface area contributed by atoms with Crippen LogP contribution in [0.3, 0.4) is 0 Å². The summed E-state index contributed by atoms with van der Waals surface area (Å²) in [5.41, 5.74) is 7.58. The molecule has 1 aromatic rings. The van der Waals surface area contributed by atoms with Crippen molar-refractivity contribution in [1.82, 2.24) is 0 Å². The lowest BCUT2D eigenvalue weighted by Crippen LogP contribution is -2.28. The summed E-state index contributed by atoms with van der Waals surface area (Å²) < 4.78 is 13.2. The van der Waals surface area contributed by atoms with E-state index in [0.717, 1.165) is 12.0 Å². The maximum atomic E-state index is 13.2. The van der Waals surface area contributed by atoms with Crippen molar-refractivity contribution in [2.75, 3.05) is 0 Å². The molecule has 2 N–H and O–H groups in total. The second kappa shape index (κ2) is 4.56. The fourth-order valence-corrected chi connectivity index (χ4v) is 1.27. The molecule has 2 heteroatoms. The second-order valence-corrected chi connectivity index (χ2v) is 4.20. The van der Waals surface area contributed by atoms with Crippen molar-refractivity contribution in [2.45, 2.75) is 33.2 Å². The topological polar surface area (TPSA) is 26.0 Å². The summed E-state index contributed by atoms with van der Waals surface area (Å²) in [6.45, 7) is 5.92. The molecule has 1 unspecified atom stereocenters. The highest BCUT2D eigenvalue weighted by Crippen LogP contribution is 2.12. The second-order valence-electron chi connectivity index (χ2n) is 4.20. The van der Waals surface area contributed by atoms with Gasteiger partial charge in [0.05, 0.1) is 0 Å². The first kappa shape index (κ1) is 11.2. The first-order chi connectivity index (χ1) is 6.50. The first-order valence-electron chi connectivity index (χ1n) is 5.01. The van der Waals surface area contributed by atoms with E-state index in [0.29, 0.717) is 11.5 Å². The Hall–Kier alpha value is -0.890. The molecule has 1 nitrogen and oxygen atoms in total. The maximum absolute atomic E-state index is 13.2. The lowest BCUT2D eigenvalue weighted by atomic mass is 9.97. The Morgan fingerprint density at radius 3 is 2.50 bits per heavy atom. The van der Waals surface area contributed by atoms with Gasteiger partial charge in [0.15, 0.2) is 0 Å². The van der Waals surface area contributed by atoms with Crippen LogP contribution in [0, 0.1) is 18.7 Å². The van der Waals surface area contributed by atoms with Crippen molar-refractivity contribution in [1.29, 1.82) is 0 Å². The number of hydrogen-bond donors (Lipinski definition) is 1. The van der Waals surface area contributed by atoms with Gasteiger partial charge in [0.2, 0.25) is 0 Å². The van der Waals surface area contributed by atoms with Gasteiger partial charge in [-0.2, -0.15) is 0 Å². The third-order valence-electron chi connectivity index (χ3n) is 2.56. The van der Waals surface area contributed by atoms with Gasteiger partial charge in [-0.1, -0.05) is 26.0 Å². The van der Waals surface area contributed by atoms with Gasteiger partial charge in [-0.3, -0.25) is 0 Å². The Morgan fingerprint density at radius 1 is 1.36 bits per heavy atom. The molecule has 0 aliphatic carbocycles. The summed E-state index contributed by atoms with van der Waals surface area (Å²) in [7, 11) is 0. The van der Waals surface area contributed by atoms with Crippen molar-refractivity contribution >= 4 is 0 Å². The van der Waals surface area contributed by atoms with Crippen LogP contribution in [0.25, 0.3) is 0 Å². The predicted octanol–water partition coefficient (Wildman–Crippen LogP) is 2.66. The molecule has 0 aromatic heterocycles. The number of benzene rings is 1. The van der Waals surface area contributed by atoms with E-state index in [1.807, 2.05) is 6.07 Å². The smallest absolute Gasteiger partial charge is 0.126 e. The van der Waals surface area contributed by atoms with Gasteiger partial charge in [0.1, 0.15) is 5.82 Å². The Bertz CT molecular complexity index is 307. The Morgan fingerprint density at radius 2 is 2.00 bits per heavy atom. The Labute approximate surface area is 85.1 Å². The summed E-state index contributed by atoms with van der Waals surface area (Å²) >= 11 is 0. The van der Waals surface area contributed by atoms with E-state index in [2.05, 4.69) is 13.8 Å². The molecular weight excluding hydrogens is 177 g/mol. The lowest BCUT2D eigenvalue weighted by molar-refractivity contribution is 0.489. The molecule has 0 aliphatic heterocycles. The minimum absolute atomic E-state index is 0.108. The number of halogens is 1. The highest BCUT2D eigenvalue weighted by molar-refractivity contribution is 5.23. The SMILES string of the molecule is Cc1ccc(CC(N)C(C)C)cc1F. The van der Waals surface area contributed by atoms with Gasteiger partial charge in [-0.05, 0) is 36.5 Å². The van der Waals surface area contributed by atoms with Gasteiger partial charge in [0.25, 0.3) is 0 Å². The fraction of sp³-hybridized carbons (Fsp3) is 0.500.